The third kappa shape index (κ3) is 3.18. The van der Waals surface area contributed by atoms with Gasteiger partial charge in [-0.15, -0.1) is 0 Å². The molecule has 2 aromatic rings. The molecule has 2 aromatic carbocycles. The van der Waals surface area contributed by atoms with Crippen LogP contribution >= 0.6 is 15.9 Å². The largest absolute Gasteiger partial charge is 0.377 e. The lowest BCUT2D eigenvalue weighted by atomic mass is 10.0. The highest BCUT2D eigenvalue weighted by Gasteiger charge is 2.04. The fraction of sp³-hybridized carbons (Fsp3) is 0.200. The van der Waals surface area contributed by atoms with Crippen molar-refractivity contribution in [3.05, 3.63) is 58.6 Å². The van der Waals surface area contributed by atoms with Crippen molar-refractivity contribution >= 4 is 15.9 Å². The third-order valence-electron chi connectivity index (χ3n) is 2.63. The molecule has 0 radical (unpaired) electrons. The van der Waals surface area contributed by atoms with E-state index in [0.29, 0.717) is 6.61 Å². The van der Waals surface area contributed by atoms with Crippen molar-refractivity contribution in [1.29, 1.82) is 0 Å². The summed E-state index contributed by atoms with van der Waals surface area (Å²) in [6, 6.07) is 16.7. The minimum atomic E-state index is 0.669. The topological polar surface area (TPSA) is 9.23 Å². The van der Waals surface area contributed by atoms with Crippen LogP contribution in [-0.4, -0.2) is 6.61 Å². The SMILES string of the molecule is CCOCc1ccccc1-c1ccc(Br)cc1. The molecule has 0 fully saturated rings. The van der Waals surface area contributed by atoms with Crippen LogP contribution in [0.3, 0.4) is 0 Å². The molecular formula is C15H15BrO. The van der Waals surface area contributed by atoms with Crippen molar-refractivity contribution in [2.24, 2.45) is 0 Å². The second-order valence-corrected chi connectivity index (χ2v) is 4.72. The third-order valence-corrected chi connectivity index (χ3v) is 3.16. The predicted molar refractivity (Wildman–Crippen MR) is 74.9 cm³/mol. The standard InChI is InChI=1S/C15H15BrO/c1-2-17-11-13-5-3-4-6-15(13)12-7-9-14(16)10-8-12/h3-10H,2,11H2,1H3. The molecular weight excluding hydrogens is 276 g/mol. The van der Waals surface area contributed by atoms with Gasteiger partial charge in [0, 0.05) is 11.1 Å². The van der Waals surface area contributed by atoms with Gasteiger partial charge < -0.3 is 4.74 Å². The Kier molecular flexibility index (Phi) is 4.35. The zero-order valence-electron chi connectivity index (χ0n) is 9.82. The molecule has 0 amide bonds. The summed E-state index contributed by atoms with van der Waals surface area (Å²) < 4.78 is 6.60. The zero-order valence-corrected chi connectivity index (χ0v) is 11.4. The van der Waals surface area contributed by atoms with Gasteiger partial charge >= 0.3 is 0 Å². The molecule has 0 bridgehead atoms. The Hall–Kier alpha value is -1.12. The van der Waals surface area contributed by atoms with Crippen molar-refractivity contribution in [2.75, 3.05) is 6.61 Å². The van der Waals surface area contributed by atoms with Gasteiger partial charge in [0.2, 0.25) is 0 Å². The Morgan fingerprint density at radius 3 is 2.41 bits per heavy atom. The molecule has 0 aliphatic rings. The molecule has 0 aliphatic carbocycles. The van der Waals surface area contributed by atoms with Crippen LogP contribution in [0.15, 0.2) is 53.0 Å². The van der Waals surface area contributed by atoms with Gasteiger partial charge in [-0.2, -0.15) is 0 Å². The van der Waals surface area contributed by atoms with Gasteiger partial charge in [0.25, 0.3) is 0 Å². The predicted octanol–water partition coefficient (Wildman–Crippen LogP) is 4.65. The van der Waals surface area contributed by atoms with E-state index < -0.39 is 0 Å². The molecule has 0 N–H and O–H groups in total. The number of ether oxygens (including phenoxy) is 1. The molecule has 0 spiro atoms. The van der Waals surface area contributed by atoms with Crippen molar-refractivity contribution in [3.63, 3.8) is 0 Å². The second kappa shape index (κ2) is 5.99. The van der Waals surface area contributed by atoms with E-state index in [9.17, 15) is 0 Å². The molecule has 88 valence electrons. The Bertz CT molecular complexity index is 477. The Balaban J connectivity index is 2.33. The first kappa shape index (κ1) is 12.3. The maximum atomic E-state index is 5.50. The van der Waals surface area contributed by atoms with E-state index in [0.717, 1.165) is 11.1 Å². The molecule has 0 aliphatic heterocycles. The Morgan fingerprint density at radius 1 is 1.00 bits per heavy atom. The van der Waals surface area contributed by atoms with Crippen LogP contribution in [0.25, 0.3) is 11.1 Å². The highest BCUT2D eigenvalue weighted by atomic mass is 79.9. The summed E-state index contributed by atoms with van der Waals surface area (Å²) in [5.41, 5.74) is 3.70. The van der Waals surface area contributed by atoms with E-state index in [4.69, 9.17) is 4.74 Å². The summed E-state index contributed by atoms with van der Waals surface area (Å²) in [7, 11) is 0. The molecule has 0 unspecified atom stereocenters. The van der Waals surface area contributed by atoms with E-state index in [-0.39, 0.29) is 0 Å². The van der Waals surface area contributed by atoms with Crippen LogP contribution in [0.5, 0.6) is 0 Å². The molecule has 0 saturated heterocycles. The quantitative estimate of drug-likeness (QED) is 0.796. The van der Waals surface area contributed by atoms with Gasteiger partial charge in [0.1, 0.15) is 0 Å². The fourth-order valence-corrected chi connectivity index (χ4v) is 2.03. The number of rotatable bonds is 4. The number of halogens is 1. The van der Waals surface area contributed by atoms with E-state index in [2.05, 4.69) is 64.5 Å². The average Bonchev–Trinajstić information content (AvgIpc) is 2.38. The normalized spacial score (nSPS) is 10.5. The van der Waals surface area contributed by atoms with Crippen LogP contribution in [0.2, 0.25) is 0 Å². The summed E-state index contributed by atoms with van der Waals surface area (Å²) >= 11 is 3.45. The van der Waals surface area contributed by atoms with Crippen molar-refractivity contribution < 1.29 is 4.74 Å². The maximum Gasteiger partial charge on any atom is 0.0722 e. The molecule has 1 nitrogen and oxygen atoms in total. The van der Waals surface area contributed by atoms with Gasteiger partial charge in [0.05, 0.1) is 6.61 Å². The van der Waals surface area contributed by atoms with Crippen LogP contribution in [-0.2, 0) is 11.3 Å². The summed E-state index contributed by atoms with van der Waals surface area (Å²) in [5.74, 6) is 0. The van der Waals surface area contributed by atoms with Crippen molar-refractivity contribution in [2.45, 2.75) is 13.5 Å². The summed E-state index contributed by atoms with van der Waals surface area (Å²) in [6.07, 6.45) is 0. The molecule has 0 atom stereocenters. The molecule has 17 heavy (non-hydrogen) atoms. The molecule has 2 heteroatoms. The van der Waals surface area contributed by atoms with Crippen molar-refractivity contribution in [1.82, 2.24) is 0 Å². The highest BCUT2D eigenvalue weighted by molar-refractivity contribution is 9.10. The number of hydrogen-bond donors (Lipinski definition) is 0. The first-order valence-electron chi connectivity index (χ1n) is 5.73. The fourth-order valence-electron chi connectivity index (χ4n) is 1.77. The van der Waals surface area contributed by atoms with E-state index in [1.165, 1.54) is 16.7 Å². The first-order valence-corrected chi connectivity index (χ1v) is 6.52. The van der Waals surface area contributed by atoms with Gasteiger partial charge in [-0.05, 0) is 35.7 Å². The monoisotopic (exact) mass is 290 g/mol. The van der Waals surface area contributed by atoms with Crippen LogP contribution in [0.1, 0.15) is 12.5 Å². The molecule has 2 rings (SSSR count). The minimum Gasteiger partial charge on any atom is -0.377 e. The lowest BCUT2D eigenvalue weighted by molar-refractivity contribution is 0.134. The molecule has 0 aromatic heterocycles. The lowest BCUT2D eigenvalue weighted by Crippen LogP contribution is -1.94. The number of benzene rings is 2. The summed E-state index contributed by atoms with van der Waals surface area (Å²) in [5, 5.41) is 0. The van der Waals surface area contributed by atoms with Gasteiger partial charge in [-0.3, -0.25) is 0 Å². The van der Waals surface area contributed by atoms with Gasteiger partial charge in [-0.1, -0.05) is 52.3 Å². The van der Waals surface area contributed by atoms with Crippen LogP contribution in [0.4, 0.5) is 0 Å². The van der Waals surface area contributed by atoms with E-state index in [1.807, 2.05) is 6.92 Å². The summed E-state index contributed by atoms with van der Waals surface area (Å²) in [4.78, 5) is 0. The Morgan fingerprint density at radius 2 is 1.71 bits per heavy atom. The molecule has 0 heterocycles. The minimum absolute atomic E-state index is 0.669. The van der Waals surface area contributed by atoms with Crippen molar-refractivity contribution in [3.8, 4) is 11.1 Å². The smallest absolute Gasteiger partial charge is 0.0722 e. The second-order valence-electron chi connectivity index (χ2n) is 3.80. The summed E-state index contributed by atoms with van der Waals surface area (Å²) in [6.45, 7) is 3.43. The van der Waals surface area contributed by atoms with Crippen LogP contribution in [0, 0.1) is 0 Å². The van der Waals surface area contributed by atoms with E-state index in [1.54, 1.807) is 0 Å². The molecule has 0 saturated carbocycles. The number of hydrogen-bond acceptors (Lipinski definition) is 1. The van der Waals surface area contributed by atoms with Crippen LogP contribution < -0.4 is 0 Å². The zero-order chi connectivity index (χ0) is 12.1. The maximum absolute atomic E-state index is 5.50. The van der Waals surface area contributed by atoms with Gasteiger partial charge in [0.15, 0.2) is 0 Å². The lowest BCUT2D eigenvalue weighted by Gasteiger charge is -2.09. The Labute approximate surface area is 111 Å². The van der Waals surface area contributed by atoms with E-state index >= 15 is 0 Å². The first-order chi connectivity index (χ1) is 8.31. The highest BCUT2D eigenvalue weighted by Crippen LogP contribution is 2.25. The van der Waals surface area contributed by atoms with Gasteiger partial charge in [-0.25, -0.2) is 0 Å². The average molecular weight is 291 g/mol.